The SMILES string of the molecule is CC(=O)c1ccc(-c2ccc(CC(=O)C3(c4ccc5c(c4)OCO5)CC3)cc2C)cc1.[HH]. The Kier molecular flexibility index (Phi) is 4.66. The highest BCUT2D eigenvalue weighted by molar-refractivity contribution is 5.95. The minimum atomic E-state index is -0.393. The van der Waals surface area contributed by atoms with Gasteiger partial charge in [0.25, 0.3) is 0 Å². The molecule has 1 heterocycles. The third-order valence-electron chi connectivity index (χ3n) is 6.47. The van der Waals surface area contributed by atoms with Gasteiger partial charge in [0.2, 0.25) is 6.79 Å². The van der Waals surface area contributed by atoms with E-state index in [2.05, 4.69) is 19.1 Å². The maximum Gasteiger partial charge on any atom is 0.231 e. The van der Waals surface area contributed by atoms with Gasteiger partial charge in [-0.3, -0.25) is 9.59 Å². The van der Waals surface area contributed by atoms with E-state index in [1.807, 2.05) is 48.5 Å². The second-order valence-corrected chi connectivity index (χ2v) is 8.53. The summed E-state index contributed by atoms with van der Waals surface area (Å²) in [7, 11) is 0. The molecule has 158 valence electrons. The van der Waals surface area contributed by atoms with Crippen molar-refractivity contribution in [3.63, 3.8) is 0 Å². The normalized spacial score (nSPS) is 15.5. The van der Waals surface area contributed by atoms with Gasteiger partial charge in [-0.05, 0) is 66.6 Å². The fourth-order valence-electron chi connectivity index (χ4n) is 4.45. The largest absolute Gasteiger partial charge is 0.454 e. The van der Waals surface area contributed by atoms with Gasteiger partial charge in [-0.2, -0.15) is 0 Å². The summed E-state index contributed by atoms with van der Waals surface area (Å²) in [5.74, 6) is 1.79. The molecular weight excluding hydrogens is 388 g/mol. The molecule has 0 amide bonds. The van der Waals surface area contributed by atoms with Crippen LogP contribution in [-0.4, -0.2) is 18.4 Å². The Morgan fingerprint density at radius 3 is 2.35 bits per heavy atom. The van der Waals surface area contributed by atoms with E-state index in [1.54, 1.807) is 6.92 Å². The van der Waals surface area contributed by atoms with Crippen LogP contribution in [-0.2, 0) is 16.6 Å². The molecule has 3 aromatic rings. The number of benzene rings is 3. The van der Waals surface area contributed by atoms with E-state index >= 15 is 0 Å². The lowest BCUT2D eigenvalue weighted by Crippen LogP contribution is -2.22. The van der Waals surface area contributed by atoms with Crippen molar-refractivity contribution in [3.8, 4) is 22.6 Å². The van der Waals surface area contributed by atoms with Crippen molar-refractivity contribution in [1.82, 2.24) is 0 Å². The van der Waals surface area contributed by atoms with Crippen LogP contribution in [0.5, 0.6) is 11.5 Å². The number of aryl methyl sites for hydroxylation is 1. The summed E-state index contributed by atoms with van der Waals surface area (Å²) in [5.41, 5.74) is 5.67. The summed E-state index contributed by atoms with van der Waals surface area (Å²) in [6.07, 6.45) is 2.18. The summed E-state index contributed by atoms with van der Waals surface area (Å²) >= 11 is 0. The first-order chi connectivity index (χ1) is 15.0. The van der Waals surface area contributed by atoms with E-state index in [4.69, 9.17) is 9.47 Å². The lowest BCUT2D eigenvalue weighted by atomic mass is 9.87. The number of ketones is 2. The third kappa shape index (κ3) is 3.52. The molecule has 0 radical (unpaired) electrons. The van der Waals surface area contributed by atoms with Crippen LogP contribution in [0.25, 0.3) is 11.1 Å². The van der Waals surface area contributed by atoms with Crippen LogP contribution in [0.4, 0.5) is 0 Å². The van der Waals surface area contributed by atoms with E-state index in [0.717, 1.165) is 52.2 Å². The molecule has 1 aliphatic carbocycles. The molecule has 31 heavy (non-hydrogen) atoms. The van der Waals surface area contributed by atoms with Gasteiger partial charge in [0.15, 0.2) is 17.3 Å². The zero-order valence-electron chi connectivity index (χ0n) is 17.7. The number of ether oxygens (including phenoxy) is 2. The highest BCUT2D eigenvalue weighted by Gasteiger charge is 2.50. The van der Waals surface area contributed by atoms with Crippen molar-refractivity contribution < 1.29 is 20.5 Å². The molecule has 0 aromatic heterocycles. The van der Waals surface area contributed by atoms with Crippen molar-refractivity contribution in [2.24, 2.45) is 0 Å². The molecule has 4 nitrogen and oxygen atoms in total. The molecule has 0 bridgehead atoms. The maximum absolute atomic E-state index is 13.3. The summed E-state index contributed by atoms with van der Waals surface area (Å²) in [6.45, 7) is 3.87. The molecule has 2 aliphatic rings. The predicted octanol–water partition coefficient (Wildman–Crippen LogP) is 5.68. The molecule has 1 saturated carbocycles. The predicted molar refractivity (Wildman–Crippen MR) is 121 cm³/mol. The van der Waals surface area contributed by atoms with Crippen molar-refractivity contribution in [3.05, 3.63) is 82.9 Å². The molecule has 0 spiro atoms. The van der Waals surface area contributed by atoms with Crippen molar-refractivity contribution in [1.29, 1.82) is 0 Å². The van der Waals surface area contributed by atoms with Crippen LogP contribution in [0.2, 0.25) is 0 Å². The van der Waals surface area contributed by atoms with Crippen LogP contribution >= 0.6 is 0 Å². The lowest BCUT2D eigenvalue weighted by Gasteiger charge is -2.16. The number of fused-ring (bicyclic) bond motifs is 1. The van der Waals surface area contributed by atoms with Crippen molar-refractivity contribution >= 4 is 11.6 Å². The first kappa shape index (κ1) is 19.6. The average Bonchev–Trinajstić information content (AvgIpc) is 3.45. The van der Waals surface area contributed by atoms with Crippen LogP contribution in [0.3, 0.4) is 0 Å². The minimum absolute atomic E-state index is 0. The molecule has 4 heteroatoms. The van der Waals surface area contributed by atoms with Gasteiger partial charge >= 0.3 is 0 Å². The highest BCUT2D eigenvalue weighted by Crippen LogP contribution is 2.51. The van der Waals surface area contributed by atoms with E-state index in [1.165, 1.54) is 0 Å². The van der Waals surface area contributed by atoms with Gasteiger partial charge in [0, 0.05) is 13.4 Å². The molecule has 0 saturated heterocycles. The fraction of sp³-hybridized carbons (Fsp3) is 0.259. The van der Waals surface area contributed by atoms with Crippen LogP contribution in [0.1, 0.15) is 48.2 Å². The number of hydrogen-bond donors (Lipinski definition) is 0. The topological polar surface area (TPSA) is 52.6 Å². The number of rotatable bonds is 6. The van der Waals surface area contributed by atoms with Gasteiger partial charge in [-0.15, -0.1) is 0 Å². The van der Waals surface area contributed by atoms with Crippen LogP contribution < -0.4 is 9.47 Å². The molecule has 0 N–H and O–H groups in total. The molecule has 1 aliphatic heterocycles. The van der Waals surface area contributed by atoms with E-state index in [0.29, 0.717) is 12.0 Å². The fourth-order valence-corrected chi connectivity index (χ4v) is 4.45. The Bertz CT molecular complexity index is 1190. The second-order valence-electron chi connectivity index (χ2n) is 8.53. The molecule has 3 aromatic carbocycles. The van der Waals surface area contributed by atoms with E-state index in [9.17, 15) is 9.59 Å². The highest BCUT2D eigenvalue weighted by atomic mass is 16.7. The summed E-state index contributed by atoms with van der Waals surface area (Å²) < 4.78 is 10.9. The van der Waals surface area contributed by atoms with Crippen LogP contribution in [0, 0.1) is 6.92 Å². The first-order valence-electron chi connectivity index (χ1n) is 10.6. The number of Topliss-reactive ketones (excluding diaryl/α,β-unsaturated/α-hetero) is 2. The standard InChI is InChI=1S/C27H24O4.H2/c1-17-13-19(3-9-23(17)21-6-4-20(5-7-21)18(2)28)14-26(29)27(11-12-27)22-8-10-24-25(15-22)31-16-30-24;/h3-10,13,15H,11-12,14,16H2,1-2H3;1H. The van der Waals surface area contributed by atoms with E-state index < -0.39 is 5.41 Å². The van der Waals surface area contributed by atoms with E-state index in [-0.39, 0.29) is 19.8 Å². The minimum Gasteiger partial charge on any atom is -0.454 e. The molecule has 5 rings (SSSR count). The number of carbonyl (C=O) groups is 2. The Morgan fingerprint density at radius 2 is 1.68 bits per heavy atom. The van der Waals surface area contributed by atoms with Gasteiger partial charge in [-0.1, -0.05) is 48.5 Å². The Morgan fingerprint density at radius 1 is 0.935 bits per heavy atom. The summed E-state index contributed by atoms with van der Waals surface area (Å²) in [6, 6.07) is 19.7. The second kappa shape index (κ2) is 7.38. The molecule has 0 unspecified atom stereocenters. The van der Waals surface area contributed by atoms with Gasteiger partial charge < -0.3 is 9.47 Å². The summed E-state index contributed by atoms with van der Waals surface area (Å²) in [4.78, 5) is 24.8. The molecule has 0 atom stereocenters. The van der Waals surface area contributed by atoms with Crippen molar-refractivity contribution in [2.45, 2.75) is 38.5 Å². The van der Waals surface area contributed by atoms with Crippen molar-refractivity contribution in [2.75, 3.05) is 6.79 Å². The van der Waals surface area contributed by atoms with Gasteiger partial charge in [0.1, 0.15) is 5.78 Å². The Hall–Kier alpha value is -3.40. The number of carbonyl (C=O) groups excluding carboxylic acids is 2. The first-order valence-corrected chi connectivity index (χ1v) is 10.6. The van der Waals surface area contributed by atoms with Gasteiger partial charge in [-0.25, -0.2) is 0 Å². The Labute approximate surface area is 183 Å². The van der Waals surface area contributed by atoms with Gasteiger partial charge in [0.05, 0.1) is 5.41 Å². The molecule has 1 fully saturated rings. The van der Waals surface area contributed by atoms with Crippen LogP contribution in [0.15, 0.2) is 60.7 Å². The zero-order chi connectivity index (χ0) is 21.6. The third-order valence-corrected chi connectivity index (χ3v) is 6.47. The quantitative estimate of drug-likeness (QED) is 0.487. The monoisotopic (exact) mass is 414 g/mol. The lowest BCUT2D eigenvalue weighted by molar-refractivity contribution is -0.120. The Balaban J connectivity index is 0.00000245. The zero-order valence-corrected chi connectivity index (χ0v) is 17.7. The maximum atomic E-state index is 13.3. The average molecular weight is 415 g/mol. The smallest absolute Gasteiger partial charge is 0.231 e. The number of hydrogen-bond acceptors (Lipinski definition) is 4. The molecular formula is C27H26O4. The summed E-state index contributed by atoms with van der Waals surface area (Å²) in [5, 5.41) is 0.